The lowest BCUT2D eigenvalue weighted by atomic mass is 10.2. The maximum atomic E-state index is 12.2. The molecule has 0 bridgehead atoms. The maximum Gasteiger partial charge on any atom is 0.332 e. The number of aryl methyl sites for hydroxylation is 2. The van der Waals surface area contributed by atoms with Crippen molar-refractivity contribution in [3.8, 4) is 5.82 Å². The van der Waals surface area contributed by atoms with Gasteiger partial charge in [-0.1, -0.05) is 12.1 Å². The summed E-state index contributed by atoms with van der Waals surface area (Å²) in [4.78, 5) is 19.4. The number of hydrogen-bond acceptors (Lipinski definition) is 2. The standard InChI is InChI=1S/C14H12BrN3O/c1-8-4-3-5-11-12(8)18(14(19)17-11)13-9(2)6-10(15)7-16-13/h3-7H,1-2H3,(H,17,19). The Hall–Kier alpha value is -1.88. The van der Waals surface area contributed by atoms with Gasteiger partial charge in [-0.15, -0.1) is 0 Å². The number of fused-ring (bicyclic) bond motifs is 1. The summed E-state index contributed by atoms with van der Waals surface area (Å²) < 4.78 is 2.53. The zero-order valence-corrected chi connectivity index (χ0v) is 12.2. The van der Waals surface area contributed by atoms with Crippen molar-refractivity contribution >= 4 is 27.0 Å². The molecule has 96 valence electrons. The molecule has 5 heteroatoms. The molecule has 19 heavy (non-hydrogen) atoms. The largest absolute Gasteiger partial charge is 0.332 e. The van der Waals surface area contributed by atoms with E-state index < -0.39 is 0 Å². The topological polar surface area (TPSA) is 50.7 Å². The molecule has 0 unspecified atom stereocenters. The summed E-state index contributed by atoms with van der Waals surface area (Å²) in [5.41, 5.74) is 3.53. The van der Waals surface area contributed by atoms with Crippen LogP contribution in [0.3, 0.4) is 0 Å². The number of para-hydroxylation sites is 1. The zero-order chi connectivity index (χ0) is 13.6. The van der Waals surface area contributed by atoms with Gasteiger partial charge in [0.1, 0.15) is 5.82 Å². The molecule has 3 rings (SSSR count). The minimum absolute atomic E-state index is 0.165. The van der Waals surface area contributed by atoms with E-state index in [-0.39, 0.29) is 5.69 Å². The first-order valence-corrected chi connectivity index (χ1v) is 6.70. The van der Waals surface area contributed by atoms with Gasteiger partial charge in [-0.25, -0.2) is 14.3 Å². The first kappa shape index (κ1) is 12.2. The lowest BCUT2D eigenvalue weighted by molar-refractivity contribution is 0.947. The number of pyridine rings is 1. The predicted octanol–water partition coefficient (Wildman–Crippen LogP) is 3.09. The normalized spacial score (nSPS) is 11.1. The van der Waals surface area contributed by atoms with E-state index in [2.05, 4.69) is 25.9 Å². The minimum Gasteiger partial charge on any atom is -0.305 e. The molecule has 1 N–H and O–H groups in total. The average Bonchev–Trinajstić information content (AvgIpc) is 2.67. The van der Waals surface area contributed by atoms with Crippen LogP contribution in [0.4, 0.5) is 0 Å². The maximum absolute atomic E-state index is 12.2. The lowest BCUT2D eigenvalue weighted by Gasteiger charge is -2.07. The fourth-order valence-corrected chi connectivity index (χ4v) is 2.74. The van der Waals surface area contributed by atoms with Crippen LogP contribution in [0.25, 0.3) is 16.9 Å². The van der Waals surface area contributed by atoms with Gasteiger partial charge in [0.25, 0.3) is 0 Å². The van der Waals surface area contributed by atoms with Gasteiger partial charge in [-0.3, -0.25) is 0 Å². The van der Waals surface area contributed by atoms with E-state index in [1.54, 1.807) is 10.8 Å². The highest BCUT2D eigenvalue weighted by Crippen LogP contribution is 2.21. The molecule has 0 amide bonds. The van der Waals surface area contributed by atoms with Gasteiger partial charge in [0, 0.05) is 10.7 Å². The Morgan fingerprint density at radius 2 is 2.05 bits per heavy atom. The molecule has 3 aromatic rings. The molecule has 0 aliphatic rings. The fraction of sp³-hybridized carbons (Fsp3) is 0.143. The number of imidazole rings is 1. The van der Waals surface area contributed by atoms with Crippen LogP contribution in [0.2, 0.25) is 0 Å². The molecule has 0 saturated heterocycles. The second kappa shape index (κ2) is 4.35. The van der Waals surface area contributed by atoms with E-state index in [1.165, 1.54) is 0 Å². The van der Waals surface area contributed by atoms with Crippen LogP contribution >= 0.6 is 15.9 Å². The van der Waals surface area contributed by atoms with Crippen molar-refractivity contribution in [2.24, 2.45) is 0 Å². The van der Waals surface area contributed by atoms with E-state index in [0.29, 0.717) is 5.82 Å². The highest BCUT2D eigenvalue weighted by atomic mass is 79.9. The predicted molar refractivity (Wildman–Crippen MR) is 78.9 cm³/mol. The number of rotatable bonds is 1. The molecular weight excluding hydrogens is 306 g/mol. The van der Waals surface area contributed by atoms with Gasteiger partial charge in [-0.05, 0) is 53.0 Å². The van der Waals surface area contributed by atoms with Crippen LogP contribution in [0.5, 0.6) is 0 Å². The zero-order valence-electron chi connectivity index (χ0n) is 10.6. The Bertz CT molecular complexity index is 832. The van der Waals surface area contributed by atoms with Crippen molar-refractivity contribution < 1.29 is 0 Å². The quantitative estimate of drug-likeness (QED) is 0.749. The molecule has 0 aliphatic heterocycles. The Kier molecular flexibility index (Phi) is 2.78. The van der Waals surface area contributed by atoms with Crippen molar-refractivity contribution in [3.63, 3.8) is 0 Å². The molecule has 0 fully saturated rings. The van der Waals surface area contributed by atoms with Gasteiger partial charge in [0.2, 0.25) is 0 Å². The van der Waals surface area contributed by atoms with E-state index in [0.717, 1.165) is 26.6 Å². The molecule has 4 nitrogen and oxygen atoms in total. The second-order valence-electron chi connectivity index (χ2n) is 4.53. The van der Waals surface area contributed by atoms with Crippen LogP contribution in [0, 0.1) is 13.8 Å². The van der Waals surface area contributed by atoms with Crippen LogP contribution in [0.1, 0.15) is 11.1 Å². The SMILES string of the molecule is Cc1cc(Br)cnc1-n1c(=O)[nH]c2cccc(C)c21. The molecule has 0 spiro atoms. The van der Waals surface area contributed by atoms with Crippen LogP contribution in [-0.4, -0.2) is 14.5 Å². The second-order valence-corrected chi connectivity index (χ2v) is 5.45. The number of benzene rings is 1. The smallest absolute Gasteiger partial charge is 0.305 e. The van der Waals surface area contributed by atoms with Crippen molar-refractivity contribution in [1.29, 1.82) is 0 Å². The summed E-state index contributed by atoms with van der Waals surface area (Å²) in [6.45, 7) is 3.93. The number of halogens is 1. The third-order valence-electron chi connectivity index (χ3n) is 3.14. The summed E-state index contributed by atoms with van der Waals surface area (Å²) in [6.07, 6.45) is 1.70. The molecular formula is C14H12BrN3O. The molecule has 0 saturated carbocycles. The summed E-state index contributed by atoms with van der Waals surface area (Å²) in [5.74, 6) is 0.661. The number of nitrogens with one attached hydrogen (secondary N) is 1. The molecule has 2 heterocycles. The van der Waals surface area contributed by atoms with Crippen molar-refractivity contribution in [3.05, 3.63) is 56.5 Å². The molecule has 2 aromatic heterocycles. The molecule has 0 radical (unpaired) electrons. The van der Waals surface area contributed by atoms with Crippen LogP contribution in [0.15, 0.2) is 39.7 Å². The Balaban J connectivity index is 2.42. The van der Waals surface area contributed by atoms with E-state index in [4.69, 9.17) is 0 Å². The number of hydrogen-bond donors (Lipinski definition) is 1. The first-order chi connectivity index (χ1) is 9.08. The van der Waals surface area contributed by atoms with Crippen LogP contribution < -0.4 is 5.69 Å². The van der Waals surface area contributed by atoms with Gasteiger partial charge in [-0.2, -0.15) is 0 Å². The summed E-state index contributed by atoms with van der Waals surface area (Å²) in [6, 6.07) is 7.76. The van der Waals surface area contributed by atoms with Gasteiger partial charge >= 0.3 is 5.69 Å². The Morgan fingerprint density at radius 1 is 1.26 bits per heavy atom. The number of nitrogens with zero attached hydrogens (tertiary/aromatic N) is 2. The lowest BCUT2D eigenvalue weighted by Crippen LogP contribution is -2.17. The van der Waals surface area contributed by atoms with Gasteiger partial charge in [0.05, 0.1) is 11.0 Å². The summed E-state index contributed by atoms with van der Waals surface area (Å²) in [5, 5.41) is 0. The van der Waals surface area contributed by atoms with Crippen LogP contribution in [-0.2, 0) is 0 Å². The van der Waals surface area contributed by atoms with E-state index >= 15 is 0 Å². The third kappa shape index (κ3) is 1.90. The number of aromatic nitrogens is 3. The third-order valence-corrected chi connectivity index (χ3v) is 3.57. The monoisotopic (exact) mass is 317 g/mol. The average molecular weight is 318 g/mol. The Morgan fingerprint density at radius 3 is 2.79 bits per heavy atom. The van der Waals surface area contributed by atoms with E-state index in [9.17, 15) is 4.79 Å². The fourth-order valence-electron chi connectivity index (χ4n) is 2.30. The summed E-state index contributed by atoms with van der Waals surface area (Å²) in [7, 11) is 0. The van der Waals surface area contributed by atoms with Crippen molar-refractivity contribution in [2.45, 2.75) is 13.8 Å². The van der Waals surface area contributed by atoms with Crippen molar-refractivity contribution in [2.75, 3.05) is 0 Å². The van der Waals surface area contributed by atoms with E-state index in [1.807, 2.05) is 38.1 Å². The molecule has 0 aliphatic carbocycles. The summed E-state index contributed by atoms with van der Waals surface area (Å²) >= 11 is 3.38. The first-order valence-electron chi connectivity index (χ1n) is 5.91. The van der Waals surface area contributed by atoms with Crippen molar-refractivity contribution in [1.82, 2.24) is 14.5 Å². The number of H-pyrrole nitrogens is 1. The highest BCUT2D eigenvalue weighted by Gasteiger charge is 2.13. The molecule has 1 aromatic carbocycles. The molecule has 0 atom stereocenters. The van der Waals surface area contributed by atoms with Gasteiger partial charge in [0.15, 0.2) is 0 Å². The Labute approximate surface area is 118 Å². The van der Waals surface area contributed by atoms with Gasteiger partial charge < -0.3 is 4.98 Å². The minimum atomic E-state index is -0.165. The number of aromatic amines is 1. The highest BCUT2D eigenvalue weighted by molar-refractivity contribution is 9.10.